The first kappa shape index (κ1) is 10.7. The van der Waals surface area contributed by atoms with Gasteiger partial charge in [0.15, 0.2) is 5.69 Å². The van der Waals surface area contributed by atoms with Gasteiger partial charge in [-0.2, -0.15) is 0 Å². The van der Waals surface area contributed by atoms with E-state index in [1.807, 2.05) is 12.1 Å². The van der Waals surface area contributed by atoms with Crippen molar-refractivity contribution in [3.05, 3.63) is 59.7 Å². The minimum absolute atomic E-state index is 0.906. The van der Waals surface area contributed by atoms with Gasteiger partial charge in [-0.25, -0.2) is 9.55 Å². The van der Waals surface area contributed by atoms with Crippen LogP contribution in [0.2, 0.25) is 0 Å². The van der Waals surface area contributed by atoms with Gasteiger partial charge in [0.1, 0.15) is 12.2 Å². The largest absolute Gasteiger partial charge is 0.251 e. The van der Waals surface area contributed by atoms with Crippen LogP contribution in [0.25, 0.3) is 6.08 Å². The molecule has 0 saturated heterocycles. The zero-order valence-electron chi connectivity index (χ0n) is 9.83. The number of hydrogen-bond donors (Lipinski definition) is 1. The van der Waals surface area contributed by atoms with E-state index in [0.29, 0.717) is 0 Å². The van der Waals surface area contributed by atoms with Gasteiger partial charge >= 0.3 is 0 Å². The summed E-state index contributed by atoms with van der Waals surface area (Å²) in [6.45, 7) is 8.92. The van der Waals surface area contributed by atoms with E-state index in [2.05, 4.69) is 54.2 Å². The molecule has 0 amide bonds. The standard InChI is InChI=1S/C14H16N2/c1-4-14-11(2)16(12(3)15-14)10-13-8-6-5-7-9-13/h4-9H,1,10H2,2-3H3/p+1. The van der Waals surface area contributed by atoms with Crippen LogP contribution >= 0.6 is 0 Å². The number of aromatic nitrogens is 2. The van der Waals surface area contributed by atoms with Crippen LogP contribution in [0.1, 0.15) is 22.8 Å². The quantitative estimate of drug-likeness (QED) is 0.756. The maximum atomic E-state index is 3.81. The number of H-pyrrole nitrogens is 1. The van der Waals surface area contributed by atoms with Crippen LogP contribution in [-0.4, -0.2) is 4.98 Å². The lowest BCUT2D eigenvalue weighted by molar-refractivity contribution is -0.698. The average Bonchev–Trinajstić information content (AvgIpc) is 2.58. The van der Waals surface area contributed by atoms with Crippen molar-refractivity contribution in [1.82, 2.24) is 4.98 Å². The smallest absolute Gasteiger partial charge is 0.241 e. The van der Waals surface area contributed by atoms with E-state index in [1.54, 1.807) is 0 Å². The second-order valence-electron chi connectivity index (χ2n) is 3.99. The van der Waals surface area contributed by atoms with Crippen molar-refractivity contribution < 1.29 is 4.57 Å². The number of nitrogens with zero attached hydrogens (tertiary/aromatic N) is 1. The predicted octanol–water partition coefficient (Wildman–Crippen LogP) is 2.61. The van der Waals surface area contributed by atoms with E-state index in [1.165, 1.54) is 11.3 Å². The van der Waals surface area contributed by atoms with Crippen molar-refractivity contribution in [3.63, 3.8) is 0 Å². The van der Waals surface area contributed by atoms with Gasteiger partial charge in [0.25, 0.3) is 5.82 Å². The summed E-state index contributed by atoms with van der Waals surface area (Å²) in [6, 6.07) is 10.5. The summed E-state index contributed by atoms with van der Waals surface area (Å²) in [7, 11) is 0. The Balaban J connectivity index is 2.35. The molecule has 2 rings (SSSR count). The third-order valence-corrected chi connectivity index (χ3v) is 2.90. The Morgan fingerprint density at radius 3 is 2.50 bits per heavy atom. The number of hydrogen-bond acceptors (Lipinski definition) is 0. The van der Waals surface area contributed by atoms with Crippen molar-refractivity contribution in [1.29, 1.82) is 0 Å². The fraction of sp³-hybridized carbons (Fsp3) is 0.214. The summed E-state index contributed by atoms with van der Waals surface area (Å²) >= 11 is 0. The van der Waals surface area contributed by atoms with Crippen molar-refractivity contribution in [2.45, 2.75) is 20.4 Å². The van der Waals surface area contributed by atoms with Gasteiger partial charge < -0.3 is 0 Å². The highest BCUT2D eigenvalue weighted by Crippen LogP contribution is 2.06. The molecule has 1 heterocycles. The number of rotatable bonds is 3. The second kappa shape index (κ2) is 4.35. The van der Waals surface area contributed by atoms with Crippen molar-refractivity contribution in [3.8, 4) is 0 Å². The number of nitrogens with one attached hydrogen (secondary N) is 1. The Labute approximate surface area is 96.3 Å². The van der Waals surface area contributed by atoms with Gasteiger partial charge in [-0.05, 0) is 11.6 Å². The van der Waals surface area contributed by atoms with Gasteiger partial charge in [0, 0.05) is 13.8 Å². The van der Waals surface area contributed by atoms with Crippen molar-refractivity contribution >= 4 is 6.08 Å². The van der Waals surface area contributed by atoms with Crippen molar-refractivity contribution in [2.24, 2.45) is 0 Å². The summed E-state index contributed by atoms with van der Waals surface area (Å²) in [5, 5.41) is 0. The molecule has 0 bridgehead atoms. The molecular formula is C14H17N2+. The third kappa shape index (κ3) is 1.91. The third-order valence-electron chi connectivity index (χ3n) is 2.90. The Kier molecular flexibility index (Phi) is 2.91. The minimum Gasteiger partial charge on any atom is -0.241 e. The Morgan fingerprint density at radius 2 is 1.94 bits per heavy atom. The molecule has 1 aromatic carbocycles. The van der Waals surface area contributed by atoms with Gasteiger partial charge in [-0.1, -0.05) is 36.9 Å². The molecule has 2 nitrogen and oxygen atoms in total. The van der Waals surface area contributed by atoms with Gasteiger partial charge in [0.2, 0.25) is 0 Å². The normalized spacial score (nSPS) is 10.4. The molecule has 2 aromatic rings. The first-order valence-corrected chi connectivity index (χ1v) is 5.47. The maximum Gasteiger partial charge on any atom is 0.251 e. The van der Waals surface area contributed by atoms with Crippen LogP contribution in [0, 0.1) is 13.8 Å². The lowest BCUT2D eigenvalue weighted by Gasteiger charge is -2.00. The summed E-state index contributed by atoms with van der Waals surface area (Å²) < 4.78 is 2.27. The monoisotopic (exact) mass is 213 g/mol. The Hall–Kier alpha value is -1.83. The highest BCUT2D eigenvalue weighted by Gasteiger charge is 2.15. The summed E-state index contributed by atoms with van der Waals surface area (Å²) in [5.74, 6) is 1.16. The molecule has 0 fully saturated rings. The molecular weight excluding hydrogens is 196 g/mol. The molecule has 0 radical (unpaired) electrons. The Morgan fingerprint density at radius 1 is 1.25 bits per heavy atom. The van der Waals surface area contributed by atoms with Gasteiger partial charge in [-0.15, -0.1) is 0 Å². The van der Waals surface area contributed by atoms with E-state index in [0.717, 1.165) is 18.1 Å². The summed E-state index contributed by atoms with van der Waals surface area (Å²) in [5.41, 5.74) is 3.65. The molecule has 0 aliphatic rings. The average molecular weight is 213 g/mol. The number of benzene rings is 1. The second-order valence-corrected chi connectivity index (χ2v) is 3.99. The number of aryl methyl sites for hydroxylation is 1. The Bertz CT molecular complexity index is 495. The van der Waals surface area contributed by atoms with Crippen LogP contribution in [0.15, 0.2) is 36.9 Å². The van der Waals surface area contributed by atoms with Gasteiger partial charge in [-0.3, -0.25) is 0 Å². The minimum atomic E-state index is 0.906. The molecule has 2 heteroatoms. The van der Waals surface area contributed by atoms with E-state index >= 15 is 0 Å². The lowest BCUT2D eigenvalue weighted by atomic mass is 10.2. The van der Waals surface area contributed by atoms with E-state index < -0.39 is 0 Å². The molecule has 0 aliphatic carbocycles. The molecule has 0 unspecified atom stereocenters. The predicted molar refractivity (Wildman–Crippen MR) is 66.1 cm³/mol. The molecule has 1 aromatic heterocycles. The van der Waals surface area contributed by atoms with Crippen LogP contribution < -0.4 is 4.57 Å². The van der Waals surface area contributed by atoms with Crippen molar-refractivity contribution in [2.75, 3.05) is 0 Å². The molecule has 0 atom stereocenters. The fourth-order valence-electron chi connectivity index (χ4n) is 1.95. The van der Waals surface area contributed by atoms with E-state index in [-0.39, 0.29) is 0 Å². The fourth-order valence-corrected chi connectivity index (χ4v) is 1.95. The highest BCUT2D eigenvalue weighted by molar-refractivity contribution is 5.42. The molecule has 16 heavy (non-hydrogen) atoms. The highest BCUT2D eigenvalue weighted by atomic mass is 15.1. The maximum absolute atomic E-state index is 3.81. The van der Waals surface area contributed by atoms with Crippen LogP contribution in [-0.2, 0) is 6.54 Å². The number of aromatic amines is 1. The lowest BCUT2D eigenvalue weighted by Crippen LogP contribution is -2.38. The first-order valence-electron chi connectivity index (χ1n) is 5.47. The SMILES string of the molecule is C=Cc1[nH]c(C)[n+](Cc2ccccc2)c1C. The molecule has 0 spiro atoms. The first-order chi connectivity index (χ1) is 7.72. The zero-order chi connectivity index (χ0) is 11.5. The van der Waals surface area contributed by atoms with Gasteiger partial charge in [0.05, 0.1) is 0 Å². The topological polar surface area (TPSA) is 19.7 Å². The molecule has 0 aliphatic heterocycles. The zero-order valence-corrected chi connectivity index (χ0v) is 9.83. The van der Waals surface area contributed by atoms with Crippen LogP contribution in [0.4, 0.5) is 0 Å². The molecule has 82 valence electrons. The molecule has 0 saturated carbocycles. The van der Waals surface area contributed by atoms with E-state index in [4.69, 9.17) is 0 Å². The van der Waals surface area contributed by atoms with Crippen LogP contribution in [0.5, 0.6) is 0 Å². The summed E-state index contributed by atoms with van der Waals surface area (Å²) in [4.78, 5) is 3.33. The molecule has 1 N–H and O–H groups in total. The van der Waals surface area contributed by atoms with Crippen LogP contribution in [0.3, 0.4) is 0 Å². The summed E-state index contributed by atoms with van der Waals surface area (Å²) in [6.07, 6.45) is 1.86. The number of imidazole rings is 1. The van der Waals surface area contributed by atoms with E-state index in [9.17, 15) is 0 Å².